The number of anilines is 1. The second kappa shape index (κ2) is 5.71. The van der Waals surface area contributed by atoms with Gasteiger partial charge in [-0.25, -0.2) is 0 Å². The number of nitrogens with one attached hydrogen (secondary N) is 1. The molecule has 0 aliphatic rings. The minimum absolute atomic E-state index is 0.0508. The first-order valence-electron chi connectivity index (χ1n) is 4.93. The topological polar surface area (TPSA) is 69.0 Å². The molecule has 1 rings (SSSR count). The smallest absolute Gasteiger partial charge is 0.223 e. The van der Waals surface area contributed by atoms with Crippen molar-refractivity contribution in [2.45, 2.75) is 6.42 Å². The van der Waals surface area contributed by atoms with E-state index in [-0.39, 0.29) is 5.91 Å². The van der Waals surface area contributed by atoms with Gasteiger partial charge in [-0.2, -0.15) is 5.26 Å². The number of rotatable bonds is 4. The lowest BCUT2D eigenvalue weighted by Crippen LogP contribution is -2.24. The third kappa shape index (κ3) is 3.24. The highest BCUT2D eigenvalue weighted by atomic mass is 16.2. The van der Waals surface area contributed by atoms with Crippen LogP contribution in [0.25, 0.3) is 0 Å². The Morgan fingerprint density at radius 2 is 2.38 bits per heavy atom. The standard InChI is InChI=1S/C11H14N4O/c1-15(2)11(16)4-6-14-10-8-13-5-3-9(10)7-12/h3,5,8,14H,4,6H2,1-2H3. The van der Waals surface area contributed by atoms with Crippen LogP contribution in [0.1, 0.15) is 12.0 Å². The van der Waals surface area contributed by atoms with Gasteiger partial charge in [0.15, 0.2) is 0 Å². The largest absolute Gasteiger partial charge is 0.382 e. The summed E-state index contributed by atoms with van der Waals surface area (Å²) in [5.41, 5.74) is 1.20. The van der Waals surface area contributed by atoms with Crippen LogP contribution in [0.15, 0.2) is 18.5 Å². The van der Waals surface area contributed by atoms with Gasteiger partial charge in [-0.3, -0.25) is 9.78 Å². The number of hydrogen-bond donors (Lipinski definition) is 1. The third-order valence-corrected chi connectivity index (χ3v) is 2.09. The highest BCUT2D eigenvalue weighted by molar-refractivity contribution is 5.76. The number of aromatic nitrogens is 1. The van der Waals surface area contributed by atoms with Crippen LogP contribution < -0.4 is 5.32 Å². The van der Waals surface area contributed by atoms with Crippen LogP contribution in [0.2, 0.25) is 0 Å². The third-order valence-electron chi connectivity index (χ3n) is 2.09. The first-order chi connectivity index (χ1) is 7.65. The van der Waals surface area contributed by atoms with Crippen LogP contribution in [-0.2, 0) is 4.79 Å². The van der Waals surface area contributed by atoms with E-state index in [1.165, 1.54) is 4.90 Å². The Kier molecular flexibility index (Phi) is 4.28. The number of pyridine rings is 1. The van der Waals surface area contributed by atoms with Crippen molar-refractivity contribution in [2.24, 2.45) is 0 Å². The number of carbonyl (C=O) groups is 1. The molecule has 0 saturated carbocycles. The van der Waals surface area contributed by atoms with Crippen LogP contribution in [0.3, 0.4) is 0 Å². The Bertz CT molecular complexity index is 409. The Morgan fingerprint density at radius 3 is 3.00 bits per heavy atom. The Balaban J connectivity index is 2.50. The molecule has 5 nitrogen and oxygen atoms in total. The number of nitriles is 1. The molecule has 0 aliphatic carbocycles. The fraction of sp³-hybridized carbons (Fsp3) is 0.364. The molecule has 16 heavy (non-hydrogen) atoms. The van der Waals surface area contributed by atoms with Gasteiger partial charge in [-0.1, -0.05) is 0 Å². The molecule has 0 bridgehead atoms. The number of amides is 1. The molecule has 0 aliphatic heterocycles. The van der Waals surface area contributed by atoms with Gasteiger partial charge in [0.25, 0.3) is 0 Å². The van der Waals surface area contributed by atoms with Gasteiger partial charge in [-0.05, 0) is 6.07 Å². The SMILES string of the molecule is CN(C)C(=O)CCNc1cnccc1C#N. The second-order valence-corrected chi connectivity index (χ2v) is 3.50. The van der Waals surface area contributed by atoms with Gasteiger partial charge < -0.3 is 10.2 Å². The minimum atomic E-state index is 0.0508. The quantitative estimate of drug-likeness (QED) is 0.813. The van der Waals surface area contributed by atoms with E-state index in [0.29, 0.717) is 24.2 Å². The van der Waals surface area contributed by atoms with Crippen molar-refractivity contribution in [3.63, 3.8) is 0 Å². The highest BCUT2D eigenvalue weighted by Gasteiger charge is 2.04. The number of hydrogen-bond acceptors (Lipinski definition) is 4. The maximum Gasteiger partial charge on any atom is 0.223 e. The average molecular weight is 218 g/mol. The van der Waals surface area contributed by atoms with Gasteiger partial charge in [0.2, 0.25) is 5.91 Å². The monoisotopic (exact) mass is 218 g/mol. The van der Waals surface area contributed by atoms with Crippen molar-refractivity contribution in [3.8, 4) is 6.07 Å². The fourth-order valence-electron chi connectivity index (χ4n) is 1.16. The molecule has 0 saturated heterocycles. The van der Waals surface area contributed by atoms with Gasteiger partial charge in [0, 0.05) is 33.3 Å². The lowest BCUT2D eigenvalue weighted by atomic mass is 10.2. The molecule has 1 aromatic rings. The van der Waals surface area contributed by atoms with Crippen LogP contribution >= 0.6 is 0 Å². The van der Waals surface area contributed by atoms with E-state index in [1.807, 2.05) is 0 Å². The molecule has 0 unspecified atom stereocenters. The highest BCUT2D eigenvalue weighted by Crippen LogP contribution is 2.11. The van der Waals surface area contributed by atoms with Gasteiger partial charge >= 0.3 is 0 Å². The van der Waals surface area contributed by atoms with E-state index >= 15 is 0 Å². The summed E-state index contributed by atoms with van der Waals surface area (Å²) in [7, 11) is 3.43. The first-order valence-corrected chi connectivity index (χ1v) is 4.93. The van der Waals surface area contributed by atoms with Crippen molar-refractivity contribution in [1.29, 1.82) is 5.26 Å². The van der Waals surface area contributed by atoms with Crippen molar-refractivity contribution >= 4 is 11.6 Å². The Hall–Kier alpha value is -2.09. The van der Waals surface area contributed by atoms with Crippen molar-refractivity contribution < 1.29 is 4.79 Å². The van der Waals surface area contributed by atoms with E-state index in [1.54, 1.807) is 32.6 Å². The lowest BCUT2D eigenvalue weighted by Gasteiger charge is -2.11. The average Bonchev–Trinajstić information content (AvgIpc) is 2.29. The molecule has 0 atom stereocenters. The zero-order valence-corrected chi connectivity index (χ0v) is 9.40. The summed E-state index contributed by atoms with van der Waals surface area (Å²) in [6, 6.07) is 3.69. The summed E-state index contributed by atoms with van der Waals surface area (Å²) in [5, 5.41) is 11.8. The van der Waals surface area contributed by atoms with Gasteiger partial charge in [0.1, 0.15) is 6.07 Å². The molecule has 1 amide bonds. The molecule has 5 heteroatoms. The maximum atomic E-state index is 11.3. The fourth-order valence-corrected chi connectivity index (χ4v) is 1.16. The molecule has 0 radical (unpaired) electrons. The summed E-state index contributed by atoms with van der Waals surface area (Å²) in [6.07, 6.45) is 3.54. The van der Waals surface area contributed by atoms with E-state index < -0.39 is 0 Å². The Morgan fingerprint density at radius 1 is 1.62 bits per heavy atom. The maximum absolute atomic E-state index is 11.3. The lowest BCUT2D eigenvalue weighted by molar-refractivity contribution is -0.128. The van der Waals surface area contributed by atoms with E-state index in [4.69, 9.17) is 5.26 Å². The summed E-state index contributed by atoms with van der Waals surface area (Å²) in [4.78, 5) is 16.7. The molecule has 1 N–H and O–H groups in total. The van der Waals surface area contributed by atoms with Crippen molar-refractivity contribution in [1.82, 2.24) is 9.88 Å². The molecule has 84 valence electrons. The minimum Gasteiger partial charge on any atom is -0.382 e. The van der Waals surface area contributed by atoms with Gasteiger partial charge in [0.05, 0.1) is 17.4 Å². The number of carbonyl (C=O) groups excluding carboxylic acids is 1. The van der Waals surface area contributed by atoms with Crippen LogP contribution in [0, 0.1) is 11.3 Å². The van der Waals surface area contributed by atoms with Crippen LogP contribution in [0.5, 0.6) is 0 Å². The van der Waals surface area contributed by atoms with Gasteiger partial charge in [-0.15, -0.1) is 0 Å². The Labute approximate surface area is 94.7 Å². The summed E-state index contributed by atoms with van der Waals surface area (Å²) in [5.74, 6) is 0.0508. The molecule has 0 aromatic carbocycles. The normalized spacial score (nSPS) is 9.31. The van der Waals surface area contributed by atoms with E-state index in [2.05, 4.69) is 16.4 Å². The van der Waals surface area contributed by atoms with Crippen LogP contribution in [0.4, 0.5) is 5.69 Å². The zero-order chi connectivity index (χ0) is 12.0. The van der Waals surface area contributed by atoms with Crippen molar-refractivity contribution in [3.05, 3.63) is 24.0 Å². The second-order valence-electron chi connectivity index (χ2n) is 3.50. The van der Waals surface area contributed by atoms with E-state index in [9.17, 15) is 4.79 Å². The molecular formula is C11H14N4O. The molecule has 1 aromatic heterocycles. The molecule has 0 fully saturated rings. The predicted octanol–water partition coefficient (Wildman–Crippen LogP) is 0.843. The number of nitrogens with zero attached hydrogens (tertiary/aromatic N) is 3. The molecule has 1 heterocycles. The first kappa shape index (κ1) is 12.0. The molecular weight excluding hydrogens is 204 g/mol. The predicted molar refractivity (Wildman–Crippen MR) is 60.8 cm³/mol. The molecule has 0 spiro atoms. The summed E-state index contributed by atoms with van der Waals surface area (Å²) < 4.78 is 0. The van der Waals surface area contributed by atoms with Crippen LogP contribution in [-0.4, -0.2) is 36.4 Å². The summed E-state index contributed by atoms with van der Waals surface area (Å²) in [6.45, 7) is 0.497. The van der Waals surface area contributed by atoms with Crippen molar-refractivity contribution in [2.75, 3.05) is 26.0 Å². The van der Waals surface area contributed by atoms with E-state index in [0.717, 1.165) is 0 Å². The summed E-state index contributed by atoms with van der Waals surface area (Å²) >= 11 is 0. The zero-order valence-electron chi connectivity index (χ0n) is 9.40.